The van der Waals surface area contributed by atoms with Crippen LogP contribution in [-0.4, -0.2) is 45.8 Å². The van der Waals surface area contributed by atoms with Crippen LogP contribution in [0.15, 0.2) is 30.7 Å². The maximum absolute atomic E-state index is 6.58. The molecule has 0 spiro atoms. The Morgan fingerprint density at radius 2 is 1.79 bits per heavy atom. The third kappa shape index (κ3) is 6.22. The fraction of sp³-hybridized carbons (Fsp3) is 0.667. The summed E-state index contributed by atoms with van der Waals surface area (Å²) in [5.41, 5.74) is 4.89. The van der Waals surface area contributed by atoms with E-state index in [1.54, 1.807) is 0 Å². The molecule has 0 fully saturated rings. The van der Waals surface area contributed by atoms with Crippen molar-refractivity contribution in [1.29, 1.82) is 0 Å². The van der Waals surface area contributed by atoms with Gasteiger partial charge in [0, 0.05) is 44.2 Å². The summed E-state index contributed by atoms with van der Waals surface area (Å²) in [5.74, 6) is 0. The molecule has 1 aliphatic rings. The van der Waals surface area contributed by atoms with E-state index >= 15 is 0 Å². The van der Waals surface area contributed by atoms with Gasteiger partial charge in [0.15, 0.2) is 8.32 Å². The van der Waals surface area contributed by atoms with Crippen molar-refractivity contribution in [2.45, 2.75) is 96.9 Å². The van der Waals surface area contributed by atoms with Crippen molar-refractivity contribution in [2.75, 3.05) is 24.8 Å². The van der Waals surface area contributed by atoms with Gasteiger partial charge in [-0.25, -0.2) is 4.98 Å². The molecule has 0 amide bonds. The van der Waals surface area contributed by atoms with Crippen LogP contribution in [0.4, 0.5) is 5.69 Å². The number of benzene rings is 1. The molecule has 190 valence electrons. The van der Waals surface area contributed by atoms with Crippen LogP contribution in [0.2, 0.25) is 43.8 Å². The van der Waals surface area contributed by atoms with Crippen LogP contribution < -0.4 is 4.90 Å². The van der Waals surface area contributed by atoms with Gasteiger partial charge in [0.1, 0.15) is 6.73 Å². The minimum Gasteiger partial charge on any atom is -0.409 e. The highest BCUT2D eigenvalue weighted by atomic mass is 28.4. The number of hydrogen-bond acceptors (Lipinski definition) is 4. The van der Waals surface area contributed by atoms with E-state index in [1.807, 2.05) is 6.33 Å². The highest BCUT2D eigenvalue weighted by molar-refractivity contribution is 6.76. The Bertz CT molecular complexity index is 986. The first kappa shape index (κ1) is 27.2. The van der Waals surface area contributed by atoms with Crippen molar-refractivity contribution in [3.8, 4) is 5.69 Å². The summed E-state index contributed by atoms with van der Waals surface area (Å²) in [4.78, 5) is 7.10. The van der Waals surface area contributed by atoms with Crippen molar-refractivity contribution >= 4 is 22.1 Å². The number of nitrogens with zero attached hydrogens (tertiary/aromatic N) is 3. The molecular formula is C27H47N3O2Si2. The number of fused-ring (bicyclic) bond motifs is 1. The van der Waals surface area contributed by atoms with Crippen LogP contribution >= 0.6 is 0 Å². The fourth-order valence-electron chi connectivity index (χ4n) is 4.20. The molecule has 2 heterocycles. The zero-order valence-corrected chi connectivity index (χ0v) is 25.5. The second-order valence-corrected chi connectivity index (χ2v) is 23.7. The molecule has 0 bridgehead atoms. The Kier molecular flexibility index (Phi) is 7.64. The Labute approximate surface area is 210 Å². The predicted octanol–water partition coefficient (Wildman–Crippen LogP) is 7.37. The third-order valence-electron chi connectivity index (χ3n) is 7.48. The molecule has 2 aromatic rings. The van der Waals surface area contributed by atoms with Crippen molar-refractivity contribution in [1.82, 2.24) is 9.55 Å². The average Bonchev–Trinajstić information content (AvgIpc) is 3.26. The maximum atomic E-state index is 6.58. The average molecular weight is 502 g/mol. The molecule has 0 radical (unpaired) electrons. The molecule has 0 aliphatic carbocycles. The van der Waals surface area contributed by atoms with Gasteiger partial charge in [-0.3, -0.25) is 0 Å². The molecular weight excluding hydrogens is 454 g/mol. The molecule has 5 nitrogen and oxygen atoms in total. The number of hydrogen-bond donors (Lipinski definition) is 0. The number of imidazole rings is 1. The Hall–Kier alpha value is -1.42. The van der Waals surface area contributed by atoms with E-state index in [0.717, 1.165) is 24.5 Å². The van der Waals surface area contributed by atoms with E-state index in [2.05, 4.69) is 108 Å². The van der Waals surface area contributed by atoms with E-state index in [0.29, 0.717) is 6.73 Å². The van der Waals surface area contributed by atoms with Crippen LogP contribution in [0, 0.1) is 0 Å². The summed E-state index contributed by atoms with van der Waals surface area (Å²) in [7, 11) is -2.94. The summed E-state index contributed by atoms with van der Waals surface area (Å²) in [6, 6.07) is 7.98. The first-order chi connectivity index (χ1) is 15.5. The largest absolute Gasteiger partial charge is 0.409 e. The van der Waals surface area contributed by atoms with E-state index in [-0.39, 0.29) is 16.6 Å². The van der Waals surface area contributed by atoms with E-state index in [9.17, 15) is 0 Å². The standard InChI is InChI=1S/C27H47N3O2Si2/c1-21(32-34(10,11)26(2,3)4)24-17-29(19-28-24)22-12-13-23-25(16-22)30(18-27(23,5)6)20-31-14-15-33(7,8)9/h12-13,16-17,19,21H,14-15,18,20H2,1-11H3. The molecule has 1 aromatic heterocycles. The van der Waals surface area contributed by atoms with Crippen LogP contribution in [0.5, 0.6) is 0 Å². The number of aromatic nitrogens is 2. The lowest BCUT2D eigenvalue weighted by Gasteiger charge is -2.38. The van der Waals surface area contributed by atoms with Gasteiger partial charge in [0.2, 0.25) is 0 Å². The molecule has 1 unspecified atom stereocenters. The van der Waals surface area contributed by atoms with E-state index in [1.165, 1.54) is 17.3 Å². The van der Waals surface area contributed by atoms with Gasteiger partial charge >= 0.3 is 0 Å². The molecule has 1 atom stereocenters. The van der Waals surface area contributed by atoms with Gasteiger partial charge in [-0.2, -0.15) is 0 Å². The number of anilines is 1. The predicted molar refractivity (Wildman–Crippen MR) is 150 cm³/mol. The summed E-state index contributed by atoms with van der Waals surface area (Å²) in [6.07, 6.45) is 4.01. The lowest BCUT2D eigenvalue weighted by molar-refractivity contribution is 0.146. The Morgan fingerprint density at radius 3 is 2.41 bits per heavy atom. The molecule has 3 rings (SSSR count). The van der Waals surface area contributed by atoms with Gasteiger partial charge in [0.05, 0.1) is 18.1 Å². The second-order valence-electron chi connectivity index (χ2n) is 13.4. The molecule has 0 N–H and O–H groups in total. The fourth-order valence-corrected chi connectivity index (χ4v) is 6.31. The Balaban J connectivity index is 1.77. The highest BCUT2D eigenvalue weighted by Crippen LogP contribution is 2.42. The van der Waals surface area contributed by atoms with E-state index in [4.69, 9.17) is 14.1 Å². The minimum atomic E-state index is -1.86. The first-order valence-electron chi connectivity index (χ1n) is 12.7. The quantitative estimate of drug-likeness (QED) is 0.266. The maximum Gasteiger partial charge on any atom is 0.192 e. The molecule has 1 aromatic carbocycles. The zero-order valence-electron chi connectivity index (χ0n) is 23.5. The monoisotopic (exact) mass is 501 g/mol. The molecule has 1 aliphatic heterocycles. The van der Waals surface area contributed by atoms with Gasteiger partial charge in [-0.05, 0) is 48.8 Å². The van der Waals surface area contributed by atoms with Crippen molar-refractivity contribution in [3.05, 3.63) is 42.0 Å². The number of rotatable bonds is 9. The normalized spacial score (nSPS) is 17.2. The van der Waals surface area contributed by atoms with Crippen LogP contribution in [0.3, 0.4) is 0 Å². The molecule has 0 saturated carbocycles. The minimum absolute atomic E-state index is 0.0215. The van der Waals surface area contributed by atoms with Crippen LogP contribution in [0.1, 0.15) is 58.9 Å². The lowest BCUT2D eigenvalue weighted by atomic mass is 9.87. The highest BCUT2D eigenvalue weighted by Gasteiger charge is 2.39. The van der Waals surface area contributed by atoms with Gasteiger partial charge < -0.3 is 18.6 Å². The summed E-state index contributed by atoms with van der Waals surface area (Å²) in [5, 5.41) is 0.178. The van der Waals surface area contributed by atoms with Crippen molar-refractivity contribution < 1.29 is 9.16 Å². The molecule has 7 heteroatoms. The summed E-state index contributed by atoms with van der Waals surface area (Å²) >= 11 is 0. The summed E-state index contributed by atoms with van der Waals surface area (Å²) in [6.45, 7) is 27.8. The smallest absolute Gasteiger partial charge is 0.192 e. The lowest BCUT2D eigenvalue weighted by Crippen LogP contribution is -2.41. The van der Waals surface area contributed by atoms with Crippen LogP contribution in [-0.2, 0) is 14.6 Å². The van der Waals surface area contributed by atoms with Gasteiger partial charge in [-0.1, -0.05) is 60.3 Å². The molecule has 34 heavy (non-hydrogen) atoms. The van der Waals surface area contributed by atoms with E-state index < -0.39 is 16.4 Å². The molecule has 0 saturated heterocycles. The second kappa shape index (κ2) is 9.56. The van der Waals surface area contributed by atoms with Gasteiger partial charge in [-0.15, -0.1) is 0 Å². The first-order valence-corrected chi connectivity index (χ1v) is 19.3. The zero-order chi connectivity index (χ0) is 25.5. The van der Waals surface area contributed by atoms with Gasteiger partial charge in [0.25, 0.3) is 0 Å². The SMILES string of the molecule is CC(O[Si](C)(C)C(C)(C)C)c1cn(-c2ccc3c(c2)N(COCC[Si](C)(C)C)CC3(C)C)cn1. The van der Waals surface area contributed by atoms with Crippen LogP contribution in [0.25, 0.3) is 5.69 Å². The Morgan fingerprint density at radius 1 is 1.12 bits per heavy atom. The summed E-state index contributed by atoms with van der Waals surface area (Å²) < 4.78 is 14.8. The van der Waals surface area contributed by atoms with Crippen molar-refractivity contribution in [3.63, 3.8) is 0 Å². The topological polar surface area (TPSA) is 39.5 Å². The third-order valence-corrected chi connectivity index (χ3v) is 13.7. The number of ether oxygens (including phenoxy) is 1. The van der Waals surface area contributed by atoms with Crippen molar-refractivity contribution in [2.24, 2.45) is 0 Å².